The number of carbonyl (C=O) groups is 1. The minimum atomic E-state index is -0.687. The van der Waals surface area contributed by atoms with E-state index in [1.807, 2.05) is 6.07 Å². The number of amidine groups is 1. The van der Waals surface area contributed by atoms with Crippen LogP contribution in [0.4, 0.5) is 10.1 Å². The molecule has 108 valence electrons. The third-order valence-electron chi connectivity index (χ3n) is 3.02. The summed E-state index contributed by atoms with van der Waals surface area (Å²) in [6.07, 6.45) is 0. The van der Waals surface area contributed by atoms with Gasteiger partial charge in [0, 0.05) is 5.56 Å². The first-order valence-electron chi connectivity index (χ1n) is 6.18. The molecule has 4 N–H and O–H groups in total. The lowest BCUT2D eigenvalue weighted by molar-refractivity contribution is 0.102. The Morgan fingerprint density at radius 2 is 1.95 bits per heavy atom. The summed E-state index contributed by atoms with van der Waals surface area (Å²) in [7, 11) is 0. The number of anilines is 1. The van der Waals surface area contributed by atoms with Gasteiger partial charge < -0.3 is 16.3 Å². The number of oxime groups is 1. The van der Waals surface area contributed by atoms with Crippen LogP contribution in [0, 0.1) is 12.7 Å². The molecular weight excluding hydrogens is 273 g/mol. The van der Waals surface area contributed by atoms with Crippen LogP contribution < -0.4 is 11.1 Å². The fourth-order valence-corrected chi connectivity index (χ4v) is 1.96. The lowest BCUT2D eigenvalue weighted by atomic mass is 10.1. The van der Waals surface area contributed by atoms with Crippen LogP contribution in [0.5, 0.6) is 0 Å². The quantitative estimate of drug-likeness (QED) is 0.351. The number of amides is 1. The highest BCUT2D eigenvalue weighted by atomic mass is 19.1. The zero-order chi connectivity index (χ0) is 15.4. The third kappa shape index (κ3) is 3.00. The van der Waals surface area contributed by atoms with E-state index in [-0.39, 0.29) is 11.3 Å². The lowest BCUT2D eigenvalue weighted by Gasteiger charge is -2.12. The lowest BCUT2D eigenvalue weighted by Crippen LogP contribution is -2.21. The molecule has 0 radical (unpaired) electrons. The van der Waals surface area contributed by atoms with Crippen molar-refractivity contribution < 1.29 is 14.4 Å². The van der Waals surface area contributed by atoms with Crippen LogP contribution >= 0.6 is 0 Å². The van der Waals surface area contributed by atoms with Gasteiger partial charge in [0.1, 0.15) is 5.82 Å². The predicted molar refractivity (Wildman–Crippen MR) is 78.0 cm³/mol. The molecule has 0 unspecified atom stereocenters. The molecule has 2 rings (SSSR count). The normalized spacial score (nSPS) is 11.2. The van der Waals surface area contributed by atoms with Gasteiger partial charge in [-0.1, -0.05) is 29.4 Å². The van der Waals surface area contributed by atoms with E-state index in [2.05, 4.69) is 10.5 Å². The van der Waals surface area contributed by atoms with E-state index in [1.54, 1.807) is 25.1 Å². The molecule has 0 heterocycles. The Morgan fingerprint density at radius 1 is 1.24 bits per heavy atom. The first-order chi connectivity index (χ1) is 10.0. The highest BCUT2D eigenvalue weighted by Gasteiger charge is 2.16. The molecule has 0 saturated carbocycles. The molecule has 0 saturated heterocycles. The van der Waals surface area contributed by atoms with Crippen molar-refractivity contribution in [1.82, 2.24) is 0 Å². The van der Waals surface area contributed by atoms with Crippen LogP contribution in [0.3, 0.4) is 0 Å². The average Bonchev–Trinajstić information content (AvgIpc) is 2.47. The first-order valence-corrected chi connectivity index (χ1v) is 6.18. The Kier molecular flexibility index (Phi) is 4.18. The molecule has 0 fully saturated rings. The standard InChI is InChI=1S/C15H14FN3O2/c1-9-5-2-3-6-10(9)15(20)18-12-8-4-7-11(16)13(12)14(17)19-21/h2-8,21H,1H3,(H2,17,19)(H,18,20). The summed E-state index contributed by atoms with van der Waals surface area (Å²) in [6.45, 7) is 1.80. The maximum Gasteiger partial charge on any atom is 0.255 e. The fraction of sp³-hybridized carbons (Fsp3) is 0.0667. The van der Waals surface area contributed by atoms with Crippen molar-refractivity contribution in [2.75, 3.05) is 5.32 Å². The maximum absolute atomic E-state index is 13.8. The molecule has 0 aliphatic carbocycles. The molecule has 0 spiro atoms. The molecule has 0 bridgehead atoms. The van der Waals surface area contributed by atoms with Gasteiger partial charge in [-0.25, -0.2) is 4.39 Å². The molecule has 0 aliphatic rings. The number of halogens is 1. The minimum absolute atomic E-state index is 0.138. The summed E-state index contributed by atoms with van der Waals surface area (Å²) in [5, 5.41) is 14.1. The zero-order valence-corrected chi connectivity index (χ0v) is 11.3. The van der Waals surface area contributed by atoms with Gasteiger partial charge in [-0.05, 0) is 30.7 Å². The molecule has 2 aromatic carbocycles. The summed E-state index contributed by atoms with van der Waals surface area (Å²) in [6, 6.07) is 11.1. The van der Waals surface area contributed by atoms with Crippen molar-refractivity contribution >= 4 is 17.4 Å². The molecule has 21 heavy (non-hydrogen) atoms. The summed E-state index contributed by atoms with van der Waals surface area (Å²) < 4.78 is 13.8. The first kappa shape index (κ1) is 14.5. The summed E-state index contributed by atoms with van der Waals surface area (Å²) in [5.74, 6) is -1.49. The van der Waals surface area contributed by atoms with E-state index in [1.165, 1.54) is 12.1 Å². The van der Waals surface area contributed by atoms with E-state index in [0.717, 1.165) is 11.6 Å². The monoisotopic (exact) mass is 287 g/mol. The number of nitrogens with two attached hydrogens (primary N) is 1. The van der Waals surface area contributed by atoms with Crippen molar-refractivity contribution in [3.63, 3.8) is 0 Å². The number of nitrogens with zero attached hydrogens (tertiary/aromatic N) is 1. The molecule has 2 aromatic rings. The predicted octanol–water partition coefficient (Wildman–Crippen LogP) is 2.48. The molecular formula is C15H14FN3O2. The Bertz CT molecular complexity index is 714. The highest BCUT2D eigenvalue weighted by Crippen LogP contribution is 2.20. The van der Waals surface area contributed by atoms with Crippen LogP contribution in [0.15, 0.2) is 47.6 Å². The van der Waals surface area contributed by atoms with Gasteiger partial charge in [0.15, 0.2) is 5.84 Å². The van der Waals surface area contributed by atoms with Gasteiger partial charge in [0.2, 0.25) is 0 Å². The van der Waals surface area contributed by atoms with E-state index < -0.39 is 17.6 Å². The van der Waals surface area contributed by atoms with Gasteiger partial charge in [-0.15, -0.1) is 0 Å². The highest BCUT2D eigenvalue weighted by molar-refractivity contribution is 6.10. The van der Waals surface area contributed by atoms with Crippen molar-refractivity contribution in [3.8, 4) is 0 Å². The number of rotatable bonds is 3. The SMILES string of the molecule is Cc1ccccc1C(=O)Nc1cccc(F)c1/C(N)=N/O. The number of benzene rings is 2. The van der Waals surface area contributed by atoms with Gasteiger partial charge in [0.25, 0.3) is 5.91 Å². The zero-order valence-electron chi connectivity index (χ0n) is 11.3. The van der Waals surface area contributed by atoms with Gasteiger partial charge >= 0.3 is 0 Å². The number of hydrogen-bond donors (Lipinski definition) is 3. The minimum Gasteiger partial charge on any atom is -0.409 e. The van der Waals surface area contributed by atoms with E-state index >= 15 is 0 Å². The second-order valence-corrected chi connectivity index (χ2v) is 4.42. The second-order valence-electron chi connectivity index (χ2n) is 4.42. The number of nitrogens with one attached hydrogen (secondary N) is 1. The van der Waals surface area contributed by atoms with Crippen LogP contribution in [0.25, 0.3) is 0 Å². The average molecular weight is 287 g/mol. The molecule has 5 nitrogen and oxygen atoms in total. The second kappa shape index (κ2) is 6.04. The van der Waals surface area contributed by atoms with E-state index in [9.17, 15) is 9.18 Å². The third-order valence-corrected chi connectivity index (χ3v) is 3.02. The van der Waals surface area contributed by atoms with E-state index in [4.69, 9.17) is 10.9 Å². The summed E-state index contributed by atoms with van der Waals surface area (Å²) in [5.41, 5.74) is 6.69. The number of hydrogen-bond acceptors (Lipinski definition) is 3. The maximum atomic E-state index is 13.8. The smallest absolute Gasteiger partial charge is 0.255 e. The van der Waals surface area contributed by atoms with Gasteiger partial charge in [-0.2, -0.15) is 0 Å². The number of carbonyl (C=O) groups excluding carboxylic acids is 1. The van der Waals surface area contributed by atoms with Crippen molar-refractivity contribution in [3.05, 3.63) is 65.0 Å². The van der Waals surface area contributed by atoms with Crippen molar-refractivity contribution in [2.45, 2.75) is 6.92 Å². The molecule has 1 amide bonds. The van der Waals surface area contributed by atoms with Crippen molar-refractivity contribution in [2.24, 2.45) is 10.9 Å². The Balaban J connectivity index is 2.39. The summed E-state index contributed by atoms with van der Waals surface area (Å²) >= 11 is 0. The molecule has 0 atom stereocenters. The fourth-order valence-electron chi connectivity index (χ4n) is 1.96. The van der Waals surface area contributed by atoms with Crippen LogP contribution in [-0.4, -0.2) is 17.0 Å². The molecule has 0 aromatic heterocycles. The molecule has 6 heteroatoms. The van der Waals surface area contributed by atoms with Crippen LogP contribution in [0.2, 0.25) is 0 Å². The Labute approximate surface area is 120 Å². The van der Waals surface area contributed by atoms with Gasteiger partial charge in [-0.3, -0.25) is 4.79 Å². The van der Waals surface area contributed by atoms with Gasteiger partial charge in [0.05, 0.1) is 11.3 Å². The Morgan fingerprint density at radius 3 is 2.62 bits per heavy atom. The van der Waals surface area contributed by atoms with E-state index in [0.29, 0.717) is 5.56 Å². The molecule has 0 aliphatic heterocycles. The largest absolute Gasteiger partial charge is 0.409 e. The van der Waals surface area contributed by atoms with Crippen LogP contribution in [-0.2, 0) is 0 Å². The topological polar surface area (TPSA) is 87.7 Å². The van der Waals surface area contributed by atoms with Crippen LogP contribution in [0.1, 0.15) is 21.5 Å². The number of aryl methyl sites for hydroxylation is 1. The van der Waals surface area contributed by atoms with Crippen molar-refractivity contribution in [1.29, 1.82) is 0 Å². The Hall–Kier alpha value is -2.89. The summed E-state index contributed by atoms with van der Waals surface area (Å²) in [4.78, 5) is 12.2.